The second-order valence-corrected chi connectivity index (χ2v) is 4.39. The van der Waals surface area contributed by atoms with Gasteiger partial charge in [-0.15, -0.1) is 0 Å². The molecule has 0 unspecified atom stereocenters. The van der Waals surface area contributed by atoms with Crippen molar-refractivity contribution in [2.75, 3.05) is 13.1 Å². The Morgan fingerprint density at radius 3 is 3.00 bits per heavy atom. The fourth-order valence-corrected chi connectivity index (χ4v) is 2.47. The lowest BCUT2D eigenvalue weighted by atomic mass is 9.99. The van der Waals surface area contributed by atoms with Gasteiger partial charge in [0.2, 0.25) is 0 Å². The summed E-state index contributed by atoms with van der Waals surface area (Å²) < 4.78 is 0. The van der Waals surface area contributed by atoms with Crippen molar-refractivity contribution in [1.82, 2.24) is 10.3 Å². The standard InChI is InChI=1S/C14H16N2/c1-10-4-2-6-13-14(10)12(9-16-13)11-5-3-7-15-8-11/h2,4-6,9,15-16H,3,7-8H2,1H3. The number of hydrogen-bond donors (Lipinski definition) is 2. The van der Waals surface area contributed by atoms with Crippen LogP contribution in [-0.4, -0.2) is 18.1 Å². The molecule has 16 heavy (non-hydrogen) atoms. The average molecular weight is 212 g/mol. The molecule has 0 fully saturated rings. The number of H-pyrrole nitrogens is 1. The highest BCUT2D eigenvalue weighted by molar-refractivity contribution is 5.95. The Bertz CT molecular complexity index is 549. The van der Waals surface area contributed by atoms with Gasteiger partial charge in [0.05, 0.1) is 0 Å². The van der Waals surface area contributed by atoms with Crippen molar-refractivity contribution in [3.8, 4) is 0 Å². The van der Waals surface area contributed by atoms with Crippen LogP contribution in [0, 0.1) is 6.92 Å². The fourth-order valence-electron chi connectivity index (χ4n) is 2.47. The summed E-state index contributed by atoms with van der Waals surface area (Å²) in [6.07, 6.45) is 5.62. The monoisotopic (exact) mass is 212 g/mol. The zero-order valence-corrected chi connectivity index (χ0v) is 9.51. The number of benzene rings is 1. The molecule has 1 aliphatic rings. The molecule has 0 atom stereocenters. The number of rotatable bonds is 1. The fraction of sp³-hybridized carbons (Fsp3) is 0.286. The Morgan fingerprint density at radius 1 is 1.25 bits per heavy atom. The van der Waals surface area contributed by atoms with Crippen LogP contribution in [0.5, 0.6) is 0 Å². The van der Waals surface area contributed by atoms with Crippen molar-refractivity contribution in [2.24, 2.45) is 0 Å². The van der Waals surface area contributed by atoms with Gasteiger partial charge in [0, 0.05) is 29.2 Å². The first kappa shape index (κ1) is 9.67. The molecular formula is C14H16N2. The van der Waals surface area contributed by atoms with Gasteiger partial charge >= 0.3 is 0 Å². The van der Waals surface area contributed by atoms with Crippen LogP contribution < -0.4 is 5.32 Å². The molecule has 1 aromatic carbocycles. The molecule has 0 bridgehead atoms. The third-order valence-electron chi connectivity index (χ3n) is 3.29. The summed E-state index contributed by atoms with van der Waals surface area (Å²) in [5.74, 6) is 0. The first-order chi connectivity index (χ1) is 7.86. The van der Waals surface area contributed by atoms with Crippen LogP contribution >= 0.6 is 0 Å². The van der Waals surface area contributed by atoms with Crippen LogP contribution in [0.25, 0.3) is 16.5 Å². The van der Waals surface area contributed by atoms with Gasteiger partial charge in [0.25, 0.3) is 0 Å². The second-order valence-electron chi connectivity index (χ2n) is 4.39. The molecule has 3 rings (SSSR count). The van der Waals surface area contributed by atoms with Crippen molar-refractivity contribution in [1.29, 1.82) is 0 Å². The summed E-state index contributed by atoms with van der Waals surface area (Å²) in [4.78, 5) is 3.36. The van der Waals surface area contributed by atoms with Crippen LogP contribution in [0.4, 0.5) is 0 Å². The van der Waals surface area contributed by atoms with Crippen LogP contribution in [0.15, 0.2) is 30.5 Å². The molecule has 0 aliphatic carbocycles. The molecule has 2 N–H and O–H groups in total. The molecule has 0 radical (unpaired) electrons. The summed E-state index contributed by atoms with van der Waals surface area (Å²) >= 11 is 0. The largest absolute Gasteiger partial charge is 0.361 e. The predicted octanol–water partition coefficient (Wildman–Crippen LogP) is 2.85. The highest BCUT2D eigenvalue weighted by Crippen LogP contribution is 2.28. The number of aromatic amines is 1. The minimum atomic E-state index is 0.987. The molecule has 0 saturated heterocycles. The lowest BCUT2D eigenvalue weighted by Crippen LogP contribution is -2.21. The molecule has 2 nitrogen and oxygen atoms in total. The van der Waals surface area contributed by atoms with Gasteiger partial charge in [-0.1, -0.05) is 18.2 Å². The maximum Gasteiger partial charge on any atom is 0.0462 e. The Labute approximate surface area is 95.4 Å². The van der Waals surface area contributed by atoms with E-state index in [1.165, 1.54) is 27.6 Å². The molecule has 1 aliphatic heterocycles. The highest BCUT2D eigenvalue weighted by atomic mass is 14.9. The number of aromatic nitrogens is 1. The van der Waals surface area contributed by atoms with E-state index in [1.54, 1.807) is 0 Å². The molecule has 0 spiro atoms. The first-order valence-corrected chi connectivity index (χ1v) is 5.83. The van der Waals surface area contributed by atoms with E-state index in [-0.39, 0.29) is 0 Å². The first-order valence-electron chi connectivity index (χ1n) is 5.83. The lowest BCUT2D eigenvalue weighted by molar-refractivity contribution is 0.739. The average Bonchev–Trinajstić information content (AvgIpc) is 2.75. The van der Waals surface area contributed by atoms with Gasteiger partial charge in [0.1, 0.15) is 0 Å². The highest BCUT2D eigenvalue weighted by Gasteiger charge is 2.11. The van der Waals surface area contributed by atoms with Crippen molar-refractivity contribution in [2.45, 2.75) is 13.3 Å². The summed E-state index contributed by atoms with van der Waals surface area (Å²) in [5, 5.41) is 4.80. The van der Waals surface area contributed by atoms with Crippen LogP contribution in [0.3, 0.4) is 0 Å². The van der Waals surface area contributed by atoms with E-state index in [2.05, 4.69) is 47.7 Å². The molecule has 82 valence electrons. The van der Waals surface area contributed by atoms with Crippen LogP contribution in [0.1, 0.15) is 17.5 Å². The van der Waals surface area contributed by atoms with E-state index in [9.17, 15) is 0 Å². The quantitative estimate of drug-likeness (QED) is 0.747. The second kappa shape index (κ2) is 3.80. The zero-order valence-electron chi connectivity index (χ0n) is 9.51. The Kier molecular flexibility index (Phi) is 2.29. The van der Waals surface area contributed by atoms with Gasteiger partial charge in [0.15, 0.2) is 0 Å². The van der Waals surface area contributed by atoms with E-state index < -0.39 is 0 Å². The Hall–Kier alpha value is -1.54. The topological polar surface area (TPSA) is 27.8 Å². The van der Waals surface area contributed by atoms with E-state index in [0.717, 1.165) is 19.5 Å². The normalized spacial score (nSPS) is 16.4. The van der Waals surface area contributed by atoms with Crippen LogP contribution in [-0.2, 0) is 0 Å². The lowest BCUT2D eigenvalue weighted by Gasteiger charge is -2.14. The summed E-state index contributed by atoms with van der Waals surface area (Å²) in [6, 6.07) is 6.42. The molecule has 0 amide bonds. The third kappa shape index (κ3) is 1.46. The number of nitrogens with one attached hydrogen (secondary N) is 2. The molecule has 2 aromatic rings. The maximum atomic E-state index is 3.43. The van der Waals surface area contributed by atoms with Gasteiger partial charge in [-0.2, -0.15) is 0 Å². The summed E-state index contributed by atoms with van der Waals surface area (Å²) in [6.45, 7) is 4.27. The minimum Gasteiger partial charge on any atom is -0.361 e. The van der Waals surface area contributed by atoms with Crippen LogP contribution in [0.2, 0.25) is 0 Å². The molecule has 0 saturated carbocycles. The SMILES string of the molecule is Cc1cccc2[nH]cc(C3=CCCNC3)c12. The van der Waals surface area contributed by atoms with Gasteiger partial charge in [-0.05, 0) is 37.1 Å². The van der Waals surface area contributed by atoms with Crippen molar-refractivity contribution in [3.63, 3.8) is 0 Å². The molecule has 2 heteroatoms. The third-order valence-corrected chi connectivity index (χ3v) is 3.29. The Balaban J connectivity index is 2.20. The smallest absolute Gasteiger partial charge is 0.0462 e. The molecule has 1 aromatic heterocycles. The van der Waals surface area contributed by atoms with E-state index in [4.69, 9.17) is 0 Å². The zero-order chi connectivity index (χ0) is 11.0. The van der Waals surface area contributed by atoms with Crippen molar-refractivity contribution < 1.29 is 0 Å². The van der Waals surface area contributed by atoms with E-state index in [0.29, 0.717) is 0 Å². The molecular weight excluding hydrogens is 196 g/mol. The maximum absolute atomic E-state index is 3.43. The van der Waals surface area contributed by atoms with Crippen molar-refractivity contribution >= 4 is 16.5 Å². The van der Waals surface area contributed by atoms with E-state index >= 15 is 0 Å². The summed E-state index contributed by atoms with van der Waals surface area (Å²) in [7, 11) is 0. The summed E-state index contributed by atoms with van der Waals surface area (Å²) in [5.41, 5.74) is 5.37. The Morgan fingerprint density at radius 2 is 2.19 bits per heavy atom. The number of aryl methyl sites for hydroxylation is 1. The van der Waals surface area contributed by atoms with E-state index in [1.807, 2.05) is 0 Å². The number of fused-ring (bicyclic) bond motifs is 1. The van der Waals surface area contributed by atoms with Gasteiger partial charge in [-0.25, -0.2) is 0 Å². The number of hydrogen-bond acceptors (Lipinski definition) is 1. The molecule has 2 heterocycles. The van der Waals surface area contributed by atoms with Gasteiger partial charge in [-0.3, -0.25) is 0 Å². The van der Waals surface area contributed by atoms with Gasteiger partial charge < -0.3 is 10.3 Å². The predicted molar refractivity (Wildman–Crippen MR) is 68.5 cm³/mol. The van der Waals surface area contributed by atoms with Crippen molar-refractivity contribution in [3.05, 3.63) is 41.6 Å². The minimum absolute atomic E-state index is 0.987.